The van der Waals surface area contributed by atoms with E-state index in [4.69, 9.17) is 11.6 Å². The Hall–Kier alpha value is -0.140. The van der Waals surface area contributed by atoms with Crippen molar-refractivity contribution in [2.45, 2.75) is 54.8 Å². The number of rotatable bonds is 3. The predicted octanol–water partition coefficient (Wildman–Crippen LogP) is 2.66. The molecule has 2 aliphatic rings. The first-order chi connectivity index (χ1) is 9.40. The van der Waals surface area contributed by atoms with Gasteiger partial charge in [0.05, 0.1) is 4.34 Å². The van der Waals surface area contributed by atoms with Crippen molar-refractivity contribution in [2.24, 2.45) is 0 Å². The van der Waals surface area contributed by atoms with Gasteiger partial charge in [-0.3, -0.25) is 0 Å². The maximum atomic E-state index is 12.4. The van der Waals surface area contributed by atoms with E-state index in [2.05, 4.69) is 10.0 Å². The van der Waals surface area contributed by atoms with Gasteiger partial charge < -0.3 is 5.32 Å². The summed E-state index contributed by atoms with van der Waals surface area (Å²) in [5.74, 6) is 0. The van der Waals surface area contributed by atoms with E-state index in [1.165, 1.54) is 6.42 Å². The van der Waals surface area contributed by atoms with Crippen molar-refractivity contribution in [3.8, 4) is 0 Å². The van der Waals surface area contributed by atoms with Crippen LogP contribution in [0.4, 0.5) is 0 Å². The van der Waals surface area contributed by atoms with Crippen molar-refractivity contribution in [2.75, 3.05) is 6.54 Å². The lowest BCUT2D eigenvalue weighted by Gasteiger charge is -2.48. The molecule has 1 aromatic rings. The van der Waals surface area contributed by atoms with Gasteiger partial charge in [0.2, 0.25) is 10.0 Å². The van der Waals surface area contributed by atoms with Crippen molar-refractivity contribution < 1.29 is 8.42 Å². The summed E-state index contributed by atoms with van der Waals surface area (Å²) in [6.45, 7) is 2.71. The minimum atomic E-state index is -3.44. The molecule has 0 bridgehead atoms. The summed E-state index contributed by atoms with van der Waals surface area (Å²) in [6, 6.07) is 1.68. The van der Waals surface area contributed by atoms with Crippen molar-refractivity contribution in [1.82, 2.24) is 10.0 Å². The molecule has 2 fully saturated rings. The minimum Gasteiger partial charge on any atom is -0.311 e. The second-order valence-corrected chi connectivity index (χ2v) is 9.49. The fourth-order valence-electron chi connectivity index (χ4n) is 3.08. The molecule has 1 saturated carbocycles. The molecule has 1 saturated heterocycles. The maximum Gasteiger partial charge on any atom is 0.250 e. The second-order valence-electron chi connectivity index (χ2n) is 5.89. The highest BCUT2D eigenvalue weighted by Gasteiger charge is 2.41. The smallest absolute Gasteiger partial charge is 0.250 e. The fraction of sp³-hybridized carbons (Fsp3) is 0.692. The molecule has 20 heavy (non-hydrogen) atoms. The number of nitrogens with one attached hydrogen (secondary N) is 2. The monoisotopic (exact) mass is 334 g/mol. The lowest BCUT2D eigenvalue weighted by atomic mass is 9.70. The second kappa shape index (κ2) is 5.25. The molecule has 4 nitrogen and oxygen atoms in total. The quantitative estimate of drug-likeness (QED) is 0.893. The molecule has 3 rings (SSSR count). The van der Waals surface area contributed by atoms with Crippen LogP contribution in [0.25, 0.3) is 0 Å². The summed E-state index contributed by atoms with van der Waals surface area (Å²) in [7, 11) is -3.44. The standard InChI is InChI=1S/C13H19ClN2O2S2/c1-9-7-11(19-12(9)14)20(17,18)16-10-3-6-15-13(8-10)4-2-5-13/h7,10,15-16H,2-6,8H2,1H3. The number of thiophene rings is 1. The Labute approximate surface area is 129 Å². The van der Waals surface area contributed by atoms with E-state index in [0.717, 1.165) is 49.1 Å². The molecule has 1 aliphatic carbocycles. The van der Waals surface area contributed by atoms with Gasteiger partial charge in [0.15, 0.2) is 0 Å². The molecule has 2 N–H and O–H groups in total. The lowest BCUT2D eigenvalue weighted by Crippen LogP contribution is -2.59. The Balaban J connectivity index is 1.73. The van der Waals surface area contributed by atoms with Crippen LogP contribution >= 0.6 is 22.9 Å². The minimum absolute atomic E-state index is 0.0303. The third kappa shape index (κ3) is 2.76. The summed E-state index contributed by atoms with van der Waals surface area (Å²) in [4.78, 5) is 0. The van der Waals surface area contributed by atoms with Gasteiger partial charge in [-0.15, -0.1) is 11.3 Å². The van der Waals surface area contributed by atoms with E-state index < -0.39 is 10.0 Å². The zero-order valence-electron chi connectivity index (χ0n) is 11.4. The number of hydrogen-bond donors (Lipinski definition) is 2. The average molecular weight is 335 g/mol. The first kappa shape index (κ1) is 14.8. The Kier molecular flexibility index (Phi) is 3.88. The van der Waals surface area contributed by atoms with Crippen LogP contribution in [0.2, 0.25) is 4.34 Å². The number of sulfonamides is 1. The van der Waals surface area contributed by atoms with E-state index in [9.17, 15) is 8.42 Å². The fourth-order valence-corrected chi connectivity index (χ4v) is 6.08. The molecule has 7 heteroatoms. The SMILES string of the molecule is Cc1cc(S(=O)(=O)NC2CCNC3(CCC3)C2)sc1Cl. The maximum absolute atomic E-state index is 12.4. The van der Waals surface area contributed by atoms with Crippen LogP contribution in [0, 0.1) is 6.92 Å². The number of hydrogen-bond acceptors (Lipinski definition) is 4. The van der Waals surface area contributed by atoms with Crippen LogP contribution < -0.4 is 10.0 Å². The average Bonchev–Trinajstić information content (AvgIpc) is 2.68. The third-order valence-electron chi connectivity index (χ3n) is 4.36. The molecule has 0 aromatic carbocycles. The van der Waals surface area contributed by atoms with Gasteiger partial charge in [-0.25, -0.2) is 13.1 Å². The van der Waals surface area contributed by atoms with Crippen LogP contribution in [-0.2, 0) is 10.0 Å². The number of halogens is 1. The molecule has 1 atom stereocenters. The van der Waals surface area contributed by atoms with Gasteiger partial charge in [-0.1, -0.05) is 11.6 Å². The van der Waals surface area contributed by atoms with Crippen molar-refractivity contribution in [1.29, 1.82) is 0 Å². The van der Waals surface area contributed by atoms with Crippen LogP contribution in [0.1, 0.15) is 37.7 Å². The molecule has 1 spiro atoms. The highest BCUT2D eigenvalue weighted by molar-refractivity contribution is 7.91. The van der Waals surface area contributed by atoms with E-state index in [-0.39, 0.29) is 11.6 Å². The van der Waals surface area contributed by atoms with Gasteiger partial charge in [0.1, 0.15) is 4.21 Å². The van der Waals surface area contributed by atoms with Gasteiger partial charge in [0, 0.05) is 11.6 Å². The topological polar surface area (TPSA) is 58.2 Å². The molecule has 0 radical (unpaired) electrons. The van der Waals surface area contributed by atoms with Crippen LogP contribution in [0.15, 0.2) is 10.3 Å². The van der Waals surface area contributed by atoms with Gasteiger partial charge in [-0.05, 0) is 57.2 Å². The van der Waals surface area contributed by atoms with Gasteiger partial charge >= 0.3 is 0 Å². The lowest BCUT2D eigenvalue weighted by molar-refractivity contribution is 0.126. The molecule has 0 amide bonds. The Morgan fingerprint density at radius 3 is 2.80 bits per heavy atom. The summed E-state index contributed by atoms with van der Waals surface area (Å²) >= 11 is 7.10. The molecule has 112 valence electrons. The predicted molar refractivity (Wildman–Crippen MR) is 82.0 cm³/mol. The molecule has 2 heterocycles. The summed E-state index contributed by atoms with van der Waals surface area (Å²) in [5.41, 5.74) is 1.01. The summed E-state index contributed by atoms with van der Waals surface area (Å²) in [6.07, 6.45) is 5.31. The first-order valence-electron chi connectivity index (χ1n) is 6.94. The highest BCUT2D eigenvalue weighted by atomic mass is 35.5. The van der Waals surface area contributed by atoms with E-state index in [0.29, 0.717) is 8.55 Å². The normalized spacial score (nSPS) is 25.6. The molecular formula is C13H19ClN2O2S2. The highest BCUT2D eigenvalue weighted by Crippen LogP contribution is 2.39. The van der Waals surface area contributed by atoms with Crippen LogP contribution in [-0.4, -0.2) is 26.5 Å². The van der Waals surface area contributed by atoms with Gasteiger partial charge in [0.25, 0.3) is 0 Å². The van der Waals surface area contributed by atoms with Crippen molar-refractivity contribution >= 4 is 33.0 Å². The van der Waals surface area contributed by atoms with E-state index >= 15 is 0 Å². The van der Waals surface area contributed by atoms with Gasteiger partial charge in [-0.2, -0.15) is 0 Å². The molecule has 1 aromatic heterocycles. The van der Waals surface area contributed by atoms with Crippen molar-refractivity contribution in [3.63, 3.8) is 0 Å². The Morgan fingerprint density at radius 2 is 2.25 bits per heavy atom. The summed E-state index contributed by atoms with van der Waals surface area (Å²) in [5, 5.41) is 3.55. The first-order valence-corrected chi connectivity index (χ1v) is 9.61. The van der Waals surface area contributed by atoms with E-state index in [1.54, 1.807) is 6.07 Å². The number of piperidine rings is 1. The third-order valence-corrected chi connectivity index (χ3v) is 7.91. The van der Waals surface area contributed by atoms with Crippen LogP contribution in [0.3, 0.4) is 0 Å². The van der Waals surface area contributed by atoms with Crippen LogP contribution in [0.5, 0.6) is 0 Å². The zero-order chi connectivity index (χ0) is 14.4. The van der Waals surface area contributed by atoms with Crippen molar-refractivity contribution in [3.05, 3.63) is 16.0 Å². The Morgan fingerprint density at radius 1 is 1.50 bits per heavy atom. The largest absolute Gasteiger partial charge is 0.311 e. The molecule has 1 aliphatic heterocycles. The van der Waals surface area contributed by atoms with E-state index in [1.807, 2.05) is 6.92 Å². The Bertz CT molecular complexity index is 588. The molecule has 1 unspecified atom stereocenters. The molecular weight excluding hydrogens is 316 g/mol. The summed E-state index contributed by atoms with van der Waals surface area (Å²) < 4.78 is 28.5. The number of aryl methyl sites for hydroxylation is 1. The zero-order valence-corrected chi connectivity index (χ0v) is 13.8.